The SMILES string of the molecule is O=C(O)NC(=S)Nc1ncc(Br)cc1Cl. The van der Waals surface area contributed by atoms with E-state index in [0.29, 0.717) is 10.8 Å². The third kappa shape index (κ3) is 3.98. The number of thiocarbonyl (C=S) groups is 1. The number of nitrogens with zero attached hydrogens (tertiary/aromatic N) is 1. The Morgan fingerprint density at radius 2 is 2.33 bits per heavy atom. The number of rotatable bonds is 1. The molecule has 1 heterocycles. The molecular formula is C7H5BrClN3O2S. The molecule has 0 saturated heterocycles. The average molecular weight is 311 g/mol. The summed E-state index contributed by atoms with van der Waals surface area (Å²) in [5.41, 5.74) is 0. The molecule has 0 aliphatic carbocycles. The fraction of sp³-hybridized carbons (Fsp3) is 0. The Labute approximate surface area is 104 Å². The van der Waals surface area contributed by atoms with E-state index in [4.69, 9.17) is 28.9 Å². The quantitative estimate of drug-likeness (QED) is 0.695. The molecule has 0 fully saturated rings. The normalized spacial score (nSPS) is 9.47. The fourth-order valence-electron chi connectivity index (χ4n) is 0.742. The molecule has 1 rings (SSSR count). The smallest absolute Gasteiger partial charge is 0.410 e. The van der Waals surface area contributed by atoms with Crippen molar-refractivity contribution >= 4 is 56.8 Å². The average Bonchev–Trinajstić information content (AvgIpc) is 2.08. The number of carboxylic acid groups (broad SMARTS) is 1. The largest absolute Gasteiger partial charge is 0.465 e. The molecule has 80 valence electrons. The van der Waals surface area contributed by atoms with E-state index in [1.807, 2.05) is 5.32 Å². The van der Waals surface area contributed by atoms with Crippen LogP contribution in [0.1, 0.15) is 0 Å². The van der Waals surface area contributed by atoms with Crippen LogP contribution >= 0.6 is 39.7 Å². The minimum Gasteiger partial charge on any atom is -0.465 e. The number of anilines is 1. The van der Waals surface area contributed by atoms with Crippen molar-refractivity contribution in [1.29, 1.82) is 0 Å². The third-order valence-corrected chi connectivity index (χ3v) is 2.19. The molecule has 0 atom stereocenters. The van der Waals surface area contributed by atoms with Gasteiger partial charge in [0.1, 0.15) is 0 Å². The van der Waals surface area contributed by atoms with Crippen LogP contribution in [0.5, 0.6) is 0 Å². The first kappa shape index (κ1) is 12.2. The van der Waals surface area contributed by atoms with Crippen molar-refractivity contribution in [3.63, 3.8) is 0 Å². The van der Waals surface area contributed by atoms with Crippen LogP contribution in [0.3, 0.4) is 0 Å². The van der Waals surface area contributed by atoms with Crippen molar-refractivity contribution in [3.05, 3.63) is 21.8 Å². The van der Waals surface area contributed by atoms with E-state index in [1.54, 1.807) is 6.07 Å². The molecule has 15 heavy (non-hydrogen) atoms. The Hall–Kier alpha value is -0.920. The lowest BCUT2D eigenvalue weighted by Crippen LogP contribution is -2.33. The summed E-state index contributed by atoms with van der Waals surface area (Å²) in [5.74, 6) is 0.290. The molecule has 5 nitrogen and oxygen atoms in total. The zero-order valence-corrected chi connectivity index (χ0v) is 10.3. The molecule has 1 aromatic rings. The number of carbonyl (C=O) groups is 1. The summed E-state index contributed by atoms with van der Waals surface area (Å²) in [6, 6.07) is 1.61. The van der Waals surface area contributed by atoms with E-state index in [1.165, 1.54) is 6.20 Å². The molecule has 1 aromatic heterocycles. The molecule has 0 aliphatic heterocycles. The molecule has 0 radical (unpaired) electrons. The Morgan fingerprint density at radius 3 is 2.87 bits per heavy atom. The van der Waals surface area contributed by atoms with E-state index in [0.717, 1.165) is 4.47 Å². The summed E-state index contributed by atoms with van der Waals surface area (Å²) in [7, 11) is 0. The van der Waals surface area contributed by atoms with Gasteiger partial charge in [-0.25, -0.2) is 9.78 Å². The van der Waals surface area contributed by atoms with Crippen LogP contribution in [0.15, 0.2) is 16.7 Å². The van der Waals surface area contributed by atoms with Gasteiger partial charge in [-0.15, -0.1) is 0 Å². The van der Waals surface area contributed by atoms with Crippen LogP contribution in [0.4, 0.5) is 10.6 Å². The van der Waals surface area contributed by atoms with Crippen molar-refractivity contribution in [1.82, 2.24) is 10.3 Å². The highest BCUT2D eigenvalue weighted by Crippen LogP contribution is 2.22. The van der Waals surface area contributed by atoms with Gasteiger partial charge < -0.3 is 10.4 Å². The lowest BCUT2D eigenvalue weighted by Gasteiger charge is -2.07. The van der Waals surface area contributed by atoms with Crippen molar-refractivity contribution < 1.29 is 9.90 Å². The zero-order valence-electron chi connectivity index (χ0n) is 7.12. The first-order chi connectivity index (χ1) is 6.99. The zero-order chi connectivity index (χ0) is 11.4. The van der Waals surface area contributed by atoms with Gasteiger partial charge in [-0.05, 0) is 34.2 Å². The van der Waals surface area contributed by atoms with Gasteiger partial charge in [-0.1, -0.05) is 11.6 Å². The van der Waals surface area contributed by atoms with Crippen LogP contribution in [0.25, 0.3) is 0 Å². The number of hydrogen-bond donors (Lipinski definition) is 3. The Kier molecular flexibility index (Phi) is 4.25. The van der Waals surface area contributed by atoms with E-state index in [-0.39, 0.29) is 5.11 Å². The Bertz CT molecular complexity index is 415. The van der Waals surface area contributed by atoms with Gasteiger partial charge in [0, 0.05) is 10.7 Å². The van der Waals surface area contributed by atoms with Gasteiger partial charge in [0.2, 0.25) is 0 Å². The summed E-state index contributed by atoms with van der Waals surface area (Å²) in [4.78, 5) is 14.2. The lowest BCUT2D eigenvalue weighted by molar-refractivity contribution is 0.200. The molecule has 0 saturated carbocycles. The minimum atomic E-state index is -1.25. The molecule has 0 unspecified atom stereocenters. The second kappa shape index (κ2) is 5.24. The van der Waals surface area contributed by atoms with Crippen LogP contribution in [0.2, 0.25) is 5.02 Å². The molecule has 0 aliphatic rings. The number of amides is 1. The van der Waals surface area contributed by atoms with Gasteiger partial charge in [0.25, 0.3) is 0 Å². The van der Waals surface area contributed by atoms with Gasteiger partial charge in [0.05, 0.1) is 5.02 Å². The molecule has 0 spiro atoms. The summed E-state index contributed by atoms with van der Waals surface area (Å²) in [6.45, 7) is 0. The topological polar surface area (TPSA) is 74.2 Å². The predicted octanol–water partition coefficient (Wildman–Crippen LogP) is 2.46. The minimum absolute atomic E-state index is 0.0841. The van der Waals surface area contributed by atoms with E-state index in [2.05, 4.69) is 26.2 Å². The third-order valence-electron chi connectivity index (χ3n) is 1.26. The van der Waals surface area contributed by atoms with Gasteiger partial charge in [0.15, 0.2) is 10.9 Å². The van der Waals surface area contributed by atoms with Crippen molar-refractivity contribution in [2.24, 2.45) is 0 Å². The van der Waals surface area contributed by atoms with Crippen LogP contribution in [-0.4, -0.2) is 21.3 Å². The summed E-state index contributed by atoms with van der Waals surface area (Å²) in [5, 5.41) is 13.1. The monoisotopic (exact) mass is 309 g/mol. The lowest BCUT2D eigenvalue weighted by atomic mass is 10.4. The predicted molar refractivity (Wildman–Crippen MR) is 64.3 cm³/mol. The maximum Gasteiger partial charge on any atom is 0.410 e. The van der Waals surface area contributed by atoms with Crippen LogP contribution < -0.4 is 10.6 Å². The Morgan fingerprint density at radius 1 is 1.67 bits per heavy atom. The molecule has 3 N–H and O–H groups in total. The number of hydrogen-bond acceptors (Lipinski definition) is 3. The number of aromatic nitrogens is 1. The number of halogens is 2. The van der Waals surface area contributed by atoms with Crippen LogP contribution in [0, 0.1) is 0 Å². The first-order valence-corrected chi connectivity index (χ1v) is 5.19. The van der Waals surface area contributed by atoms with Crippen molar-refractivity contribution in [2.75, 3.05) is 5.32 Å². The van der Waals surface area contributed by atoms with E-state index < -0.39 is 6.09 Å². The summed E-state index contributed by atoms with van der Waals surface area (Å²) in [6.07, 6.45) is 0.262. The highest BCUT2D eigenvalue weighted by Gasteiger charge is 2.06. The van der Waals surface area contributed by atoms with Crippen molar-refractivity contribution in [3.8, 4) is 0 Å². The van der Waals surface area contributed by atoms with Gasteiger partial charge in [-0.3, -0.25) is 5.32 Å². The standard InChI is InChI=1S/C7H5BrClN3O2S/c8-3-1-4(9)5(10-2-3)11-6(15)12-7(13)14/h1-2H,(H,13,14)(H2,10,11,12,15). The number of pyridine rings is 1. The van der Waals surface area contributed by atoms with Crippen LogP contribution in [-0.2, 0) is 0 Å². The van der Waals surface area contributed by atoms with Crippen molar-refractivity contribution in [2.45, 2.75) is 0 Å². The maximum atomic E-state index is 10.2. The highest BCUT2D eigenvalue weighted by atomic mass is 79.9. The molecule has 1 amide bonds. The molecule has 8 heteroatoms. The van der Waals surface area contributed by atoms with E-state index in [9.17, 15) is 4.79 Å². The second-order valence-corrected chi connectivity index (χ2v) is 4.10. The molecular weight excluding hydrogens is 306 g/mol. The summed E-state index contributed by atoms with van der Waals surface area (Å²) >= 11 is 13.7. The Balaban J connectivity index is 2.72. The van der Waals surface area contributed by atoms with E-state index >= 15 is 0 Å². The highest BCUT2D eigenvalue weighted by molar-refractivity contribution is 9.10. The number of nitrogens with one attached hydrogen (secondary N) is 2. The van der Waals surface area contributed by atoms with Gasteiger partial charge in [-0.2, -0.15) is 0 Å². The summed E-state index contributed by atoms with van der Waals surface area (Å²) < 4.78 is 0.718. The second-order valence-electron chi connectivity index (χ2n) is 2.37. The molecule has 0 aromatic carbocycles. The first-order valence-electron chi connectivity index (χ1n) is 3.61. The molecule has 0 bridgehead atoms. The maximum absolute atomic E-state index is 10.2. The van der Waals surface area contributed by atoms with Gasteiger partial charge >= 0.3 is 6.09 Å². The fourth-order valence-corrected chi connectivity index (χ4v) is 1.60.